The molecule has 3 rings (SSSR count). The zero-order valence-corrected chi connectivity index (χ0v) is 11.8. The van der Waals surface area contributed by atoms with Gasteiger partial charge < -0.3 is 15.0 Å². The Hall–Kier alpha value is -1.46. The molecule has 1 N–H and O–H groups in total. The van der Waals surface area contributed by atoms with E-state index in [4.69, 9.17) is 4.74 Å². The van der Waals surface area contributed by atoms with Crippen LogP contribution in [0.1, 0.15) is 25.3 Å². The highest BCUT2D eigenvalue weighted by atomic mass is 16.5. The summed E-state index contributed by atoms with van der Waals surface area (Å²) in [5, 5.41) is 3.17. The first-order valence-electron chi connectivity index (χ1n) is 7.19. The van der Waals surface area contributed by atoms with Crippen molar-refractivity contribution in [1.29, 1.82) is 0 Å². The van der Waals surface area contributed by atoms with E-state index < -0.39 is 0 Å². The first kappa shape index (κ1) is 13.5. The van der Waals surface area contributed by atoms with E-state index in [0.29, 0.717) is 12.6 Å². The van der Waals surface area contributed by atoms with Gasteiger partial charge in [-0.25, -0.2) is 0 Å². The van der Waals surface area contributed by atoms with Gasteiger partial charge in [0.2, 0.25) is 5.91 Å². The third kappa shape index (κ3) is 3.16. The first-order valence-corrected chi connectivity index (χ1v) is 7.19. The standard InChI is InChI=1S/C15H21N3O2/c1-15(10-17-11-15)20-9-14(19)18(13-2-3-13)8-12-4-6-16-7-5-12/h4-7,13,17H,2-3,8-11H2,1H3. The van der Waals surface area contributed by atoms with Crippen molar-refractivity contribution in [3.05, 3.63) is 30.1 Å². The Morgan fingerprint density at radius 2 is 2.15 bits per heavy atom. The average molecular weight is 275 g/mol. The van der Waals surface area contributed by atoms with Gasteiger partial charge >= 0.3 is 0 Å². The van der Waals surface area contributed by atoms with E-state index in [2.05, 4.69) is 10.3 Å². The smallest absolute Gasteiger partial charge is 0.249 e. The summed E-state index contributed by atoms with van der Waals surface area (Å²) in [6.07, 6.45) is 5.75. The summed E-state index contributed by atoms with van der Waals surface area (Å²) in [6.45, 7) is 4.54. The van der Waals surface area contributed by atoms with E-state index in [1.807, 2.05) is 24.0 Å². The minimum absolute atomic E-state index is 0.0948. The molecule has 5 heteroatoms. The zero-order chi connectivity index (χ0) is 14.0. The predicted molar refractivity (Wildman–Crippen MR) is 75.0 cm³/mol. The Balaban J connectivity index is 1.57. The summed E-state index contributed by atoms with van der Waals surface area (Å²) in [7, 11) is 0. The summed E-state index contributed by atoms with van der Waals surface area (Å²) in [6, 6.07) is 4.31. The van der Waals surface area contributed by atoms with E-state index in [1.165, 1.54) is 0 Å². The van der Waals surface area contributed by atoms with E-state index >= 15 is 0 Å². The second-order valence-corrected chi connectivity index (χ2v) is 5.95. The van der Waals surface area contributed by atoms with Crippen LogP contribution in [0.4, 0.5) is 0 Å². The molecule has 5 nitrogen and oxygen atoms in total. The number of hydrogen-bond donors (Lipinski definition) is 1. The molecule has 0 radical (unpaired) electrons. The number of pyridine rings is 1. The van der Waals surface area contributed by atoms with Crippen molar-refractivity contribution in [2.75, 3.05) is 19.7 Å². The maximum Gasteiger partial charge on any atom is 0.249 e. The van der Waals surface area contributed by atoms with Gasteiger partial charge in [-0.2, -0.15) is 0 Å². The summed E-state index contributed by atoms with van der Waals surface area (Å²) < 4.78 is 5.76. The van der Waals surface area contributed by atoms with Gasteiger partial charge in [-0.15, -0.1) is 0 Å². The van der Waals surface area contributed by atoms with Gasteiger partial charge in [0.25, 0.3) is 0 Å². The van der Waals surface area contributed by atoms with Gasteiger partial charge in [-0.3, -0.25) is 9.78 Å². The molecule has 1 aromatic rings. The Labute approximate surface area is 119 Å². The minimum atomic E-state index is -0.165. The number of hydrogen-bond acceptors (Lipinski definition) is 4. The average Bonchev–Trinajstić information content (AvgIpc) is 3.26. The fourth-order valence-electron chi connectivity index (χ4n) is 2.39. The molecule has 0 aromatic carbocycles. The third-order valence-corrected chi connectivity index (χ3v) is 3.95. The molecule has 1 saturated heterocycles. The lowest BCUT2D eigenvalue weighted by Crippen LogP contribution is -2.59. The van der Waals surface area contributed by atoms with E-state index in [0.717, 1.165) is 31.5 Å². The number of nitrogens with zero attached hydrogens (tertiary/aromatic N) is 2. The molecule has 2 heterocycles. The summed E-state index contributed by atoms with van der Waals surface area (Å²) in [5.74, 6) is 0.0948. The van der Waals surface area contributed by atoms with Crippen LogP contribution >= 0.6 is 0 Å². The molecule has 0 spiro atoms. The van der Waals surface area contributed by atoms with Gasteiger partial charge in [0.1, 0.15) is 6.61 Å². The number of rotatable bonds is 6. The Kier molecular flexibility index (Phi) is 3.72. The van der Waals surface area contributed by atoms with Crippen molar-refractivity contribution >= 4 is 5.91 Å². The first-order chi connectivity index (χ1) is 9.66. The quantitative estimate of drug-likeness (QED) is 0.840. The van der Waals surface area contributed by atoms with Gasteiger partial charge in [-0.05, 0) is 37.5 Å². The topological polar surface area (TPSA) is 54.5 Å². The molecular weight excluding hydrogens is 254 g/mol. The van der Waals surface area contributed by atoms with E-state index in [-0.39, 0.29) is 18.1 Å². The molecule has 0 atom stereocenters. The van der Waals surface area contributed by atoms with Crippen molar-refractivity contribution in [2.24, 2.45) is 0 Å². The van der Waals surface area contributed by atoms with Crippen molar-refractivity contribution < 1.29 is 9.53 Å². The van der Waals surface area contributed by atoms with Crippen molar-refractivity contribution in [1.82, 2.24) is 15.2 Å². The largest absolute Gasteiger partial charge is 0.363 e. The molecule has 108 valence electrons. The Morgan fingerprint density at radius 1 is 1.45 bits per heavy atom. The lowest BCUT2D eigenvalue weighted by atomic mass is 10.0. The number of ether oxygens (including phenoxy) is 1. The van der Waals surface area contributed by atoms with Crippen LogP contribution in [0.25, 0.3) is 0 Å². The normalized spacial score (nSPS) is 20.2. The number of carbonyl (C=O) groups excluding carboxylic acids is 1. The van der Waals surface area contributed by atoms with Gasteiger partial charge in [0.05, 0.1) is 5.60 Å². The van der Waals surface area contributed by atoms with Crippen LogP contribution in [0.5, 0.6) is 0 Å². The molecule has 0 unspecified atom stereocenters. The monoisotopic (exact) mass is 275 g/mol. The maximum absolute atomic E-state index is 12.4. The highest BCUT2D eigenvalue weighted by molar-refractivity contribution is 5.78. The fourth-order valence-corrected chi connectivity index (χ4v) is 2.39. The fraction of sp³-hybridized carbons (Fsp3) is 0.600. The molecule has 1 aliphatic heterocycles. The van der Waals surface area contributed by atoms with Crippen LogP contribution in [-0.2, 0) is 16.1 Å². The molecule has 1 amide bonds. The number of carbonyl (C=O) groups is 1. The van der Waals surface area contributed by atoms with Gasteiger partial charge in [-0.1, -0.05) is 0 Å². The second kappa shape index (κ2) is 5.50. The molecule has 1 aromatic heterocycles. The molecule has 2 aliphatic rings. The highest BCUT2D eigenvalue weighted by Crippen LogP contribution is 2.28. The van der Waals surface area contributed by atoms with Crippen molar-refractivity contribution in [3.8, 4) is 0 Å². The zero-order valence-electron chi connectivity index (χ0n) is 11.8. The van der Waals surface area contributed by atoms with Crippen LogP contribution < -0.4 is 5.32 Å². The molecule has 1 aliphatic carbocycles. The molecule has 2 fully saturated rings. The highest BCUT2D eigenvalue weighted by Gasteiger charge is 2.36. The Morgan fingerprint density at radius 3 is 2.70 bits per heavy atom. The third-order valence-electron chi connectivity index (χ3n) is 3.95. The lowest BCUT2D eigenvalue weighted by Gasteiger charge is -2.39. The van der Waals surface area contributed by atoms with Crippen LogP contribution in [0.3, 0.4) is 0 Å². The van der Waals surface area contributed by atoms with E-state index in [1.54, 1.807) is 12.4 Å². The van der Waals surface area contributed by atoms with Crippen molar-refractivity contribution in [3.63, 3.8) is 0 Å². The van der Waals surface area contributed by atoms with Crippen LogP contribution in [0.15, 0.2) is 24.5 Å². The number of nitrogens with one attached hydrogen (secondary N) is 1. The Bertz CT molecular complexity index is 469. The lowest BCUT2D eigenvalue weighted by molar-refractivity contribution is -0.147. The second-order valence-electron chi connectivity index (χ2n) is 5.95. The van der Waals surface area contributed by atoms with Gasteiger partial charge in [0, 0.05) is 38.1 Å². The summed E-state index contributed by atoms with van der Waals surface area (Å²) in [4.78, 5) is 18.3. The maximum atomic E-state index is 12.4. The van der Waals surface area contributed by atoms with Crippen LogP contribution in [0.2, 0.25) is 0 Å². The van der Waals surface area contributed by atoms with Gasteiger partial charge in [0.15, 0.2) is 0 Å². The number of aromatic nitrogens is 1. The molecule has 0 bridgehead atoms. The molecule has 20 heavy (non-hydrogen) atoms. The SMILES string of the molecule is CC1(OCC(=O)N(Cc2ccncc2)C2CC2)CNC1. The molecular formula is C15H21N3O2. The predicted octanol–water partition coefficient (Wildman–Crippen LogP) is 0.951. The summed E-state index contributed by atoms with van der Waals surface area (Å²) >= 11 is 0. The van der Waals surface area contributed by atoms with E-state index in [9.17, 15) is 4.79 Å². The van der Waals surface area contributed by atoms with Crippen molar-refractivity contribution in [2.45, 2.75) is 38.0 Å². The number of amides is 1. The minimum Gasteiger partial charge on any atom is -0.363 e. The van der Waals surface area contributed by atoms with Crippen LogP contribution in [-0.4, -0.2) is 47.1 Å². The van der Waals surface area contributed by atoms with Crippen LogP contribution in [0, 0.1) is 0 Å². The molecule has 1 saturated carbocycles. The summed E-state index contributed by atoms with van der Waals surface area (Å²) in [5.41, 5.74) is 0.957.